The topological polar surface area (TPSA) is 30.2 Å². The van der Waals surface area contributed by atoms with E-state index in [1.807, 2.05) is 16.7 Å². The summed E-state index contributed by atoms with van der Waals surface area (Å²) < 4.78 is 27.3. The van der Waals surface area contributed by atoms with Gasteiger partial charge >= 0.3 is 0 Å². The van der Waals surface area contributed by atoms with Gasteiger partial charge in [0.15, 0.2) is 4.96 Å². The monoisotopic (exact) mass is 265 g/mol. The second-order valence-corrected chi connectivity index (χ2v) is 4.78. The van der Waals surface area contributed by atoms with Crippen molar-refractivity contribution in [1.82, 2.24) is 14.4 Å². The first kappa shape index (κ1) is 11.3. The molecule has 0 amide bonds. The van der Waals surface area contributed by atoms with Crippen LogP contribution in [0.3, 0.4) is 0 Å². The average Bonchev–Trinajstić information content (AvgIpc) is 2.93. The second-order valence-electron chi connectivity index (χ2n) is 3.95. The summed E-state index contributed by atoms with van der Waals surface area (Å²) in [5.41, 5.74) is 2.40. The van der Waals surface area contributed by atoms with E-state index < -0.39 is 6.43 Å². The Morgan fingerprint density at radius 3 is 2.89 bits per heavy atom. The van der Waals surface area contributed by atoms with Crippen LogP contribution in [-0.4, -0.2) is 14.4 Å². The predicted molar refractivity (Wildman–Crippen MR) is 66.0 cm³/mol. The fraction of sp³-hybridized carbons (Fsp3) is 0.167. The normalized spacial score (nSPS) is 11.6. The zero-order chi connectivity index (χ0) is 12.7. The first-order chi connectivity index (χ1) is 8.66. The standard InChI is InChI=1S/C12H9F2N3S/c1-7-6-18-12-16-5-10(17(7)12)8-2-9(11(13)14)4-15-3-8/h2-6,11H,1H3. The van der Waals surface area contributed by atoms with Crippen LogP contribution in [-0.2, 0) is 0 Å². The van der Waals surface area contributed by atoms with Crippen molar-refractivity contribution in [2.24, 2.45) is 0 Å². The van der Waals surface area contributed by atoms with E-state index in [4.69, 9.17) is 0 Å². The molecular formula is C12H9F2N3S. The van der Waals surface area contributed by atoms with Crippen molar-refractivity contribution in [1.29, 1.82) is 0 Å². The van der Waals surface area contributed by atoms with Crippen molar-refractivity contribution in [3.63, 3.8) is 0 Å². The lowest BCUT2D eigenvalue weighted by Gasteiger charge is -2.04. The molecule has 0 radical (unpaired) electrons. The third-order valence-corrected chi connectivity index (χ3v) is 3.68. The molecule has 0 spiro atoms. The van der Waals surface area contributed by atoms with Gasteiger partial charge in [0, 0.05) is 34.6 Å². The van der Waals surface area contributed by atoms with E-state index in [-0.39, 0.29) is 5.56 Å². The minimum Gasteiger partial charge on any atom is -0.288 e. The summed E-state index contributed by atoms with van der Waals surface area (Å²) in [7, 11) is 0. The molecule has 0 aliphatic heterocycles. The molecular weight excluding hydrogens is 256 g/mol. The van der Waals surface area contributed by atoms with Crippen LogP contribution < -0.4 is 0 Å². The Kier molecular flexibility index (Phi) is 2.59. The van der Waals surface area contributed by atoms with Crippen LogP contribution in [0.25, 0.3) is 16.2 Å². The lowest BCUT2D eigenvalue weighted by atomic mass is 10.1. The minimum atomic E-state index is -2.51. The number of rotatable bonds is 2. The molecule has 3 nitrogen and oxygen atoms in total. The number of thiazole rings is 1. The largest absolute Gasteiger partial charge is 0.288 e. The Labute approximate surface area is 106 Å². The molecule has 0 atom stereocenters. The van der Waals surface area contributed by atoms with Crippen molar-refractivity contribution in [3.8, 4) is 11.3 Å². The van der Waals surface area contributed by atoms with Gasteiger partial charge in [-0.2, -0.15) is 0 Å². The van der Waals surface area contributed by atoms with Gasteiger partial charge in [0.25, 0.3) is 6.43 Å². The highest BCUT2D eigenvalue weighted by Gasteiger charge is 2.13. The first-order valence-corrected chi connectivity index (χ1v) is 6.20. The van der Waals surface area contributed by atoms with E-state index in [2.05, 4.69) is 9.97 Å². The van der Waals surface area contributed by atoms with Crippen molar-refractivity contribution >= 4 is 16.3 Å². The van der Waals surface area contributed by atoms with Gasteiger partial charge in [-0.25, -0.2) is 13.8 Å². The predicted octanol–water partition coefficient (Wildman–Crippen LogP) is 3.70. The summed E-state index contributed by atoms with van der Waals surface area (Å²) in [5, 5.41) is 1.98. The average molecular weight is 265 g/mol. The number of imidazole rings is 1. The van der Waals surface area contributed by atoms with Gasteiger partial charge in [0.05, 0.1) is 11.9 Å². The molecule has 3 rings (SSSR count). The maximum absolute atomic E-state index is 12.7. The highest BCUT2D eigenvalue weighted by atomic mass is 32.1. The van der Waals surface area contributed by atoms with E-state index in [0.29, 0.717) is 5.56 Å². The van der Waals surface area contributed by atoms with E-state index in [9.17, 15) is 8.78 Å². The van der Waals surface area contributed by atoms with Crippen LogP contribution in [0.15, 0.2) is 30.0 Å². The molecule has 6 heteroatoms. The smallest absolute Gasteiger partial charge is 0.265 e. The molecule has 18 heavy (non-hydrogen) atoms. The zero-order valence-corrected chi connectivity index (χ0v) is 10.3. The number of pyridine rings is 1. The molecule has 92 valence electrons. The maximum atomic E-state index is 12.7. The Bertz CT molecular complexity index is 702. The minimum absolute atomic E-state index is 0.0738. The van der Waals surface area contributed by atoms with Crippen LogP contribution in [0.2, 0.25) is 0 Å². The van der Waals surface area contributed by atoms with E-state index in [1.54, 1.807) is 12.4 Å². The van der Waals surface area contributed by atoms with Crippen LogP contribution in [0, 0.1) is 6.92 Å². The van der Waals surface area contributed by atoms with Gasteiger partial charge < -0.3 is 0 Å². The molecule has 0 aliphatic rings. The number of alkyl halides is 2. The van der Waals surface area contributed by atoms with Crippen LogP contribution in [0.4, 0.5) is 8.78 Å². The number of nitrogens with zero attached hydrogens (tertiary/aromatic N) is 3. The highest BCUT2D eigenvalue weighted by molar-refractivity contribution is 7.15. The third kappa shape index (κ3) is 1.69. The second kappa shape index (κ2) is 4.13. The van der Waals surface area contributed by atoms with Crippen molar-refractivity contribution < 1.29 is 8.78 Å². The molecule has 0 bridgehead atoms. The Morgan fingerprint density at radius 1 is 1.28 bits per heavy atom. The summed E-state index contributed by atoms with van der Waals surface area (Å²) in [6, 6.07) is 1.46. The molecule has 3 aromatic rings. The number of fused-ring (bicyclic) bond motifs is 1. The van der Waals surface area contributed by atoms with Crippen LogP contribution >= 0.6 is 11.3 Å². The number of aryl methyl sites for hydroxylation is 1. The summed E-state index contributed by atoms with van der Waals surface area (Å²) in [5.74, 6) is 0. The molecule has 0 N–H and O–H groups in total. The van der Waals surface area contributed by atoms with E-state index in [0.717, 1.165) is 16.3 Å². The summed E-state index contributed by atoms with van der Waals surface area (Å²) in [4.78, 5) is 8.97. The number of aromatic nitrogens is 3. The molecule has 0 aromatic carbocycles. The lowest BCUT2D eigenvalue weighted by Crippen LogP contribution is -1.92. The van der Waals surface area contributed by atoms with Gasteiger partial charge in [0.2, 0.25) is 0 Å². The number of halogens is 2. The third-order valence-electron chi connectivity index (χ3n) is 2.72. The molecule has 0 saturated carbocycles. The molecule has 0 unspecified atom stereocenters. The first-order valence-electron chi connectivity index (χ1n) is 5.32. The van der Waals surface area contributed by atoms with Gasteiger partial charge in [-0.15, -0.1) is 11.3 Å². The van der Waals surface area contributed by atoms with Gasteiger partial charge in [-0.1, -0.05) is 0 Å². The van der Waals surface area contributed by atoms with Gasteiger partial charge in [-0.05, 0) is 13.0 Å². The maximum Gasteiger partial charge on any atom is 0.265 e. The molecule has 0 fully saturated rings. The lowest BCUT2D eigenvalue weighted by molar-refractivity contribution is 0.151. The summed E-state index contributed by atoms with van der Waals surface area (Å²) in [6.07, 6.45) is 1.94. The van der Waals surface area contributed by atoms with Crippen LogP contribution in [0.1, 0.15) is 17.7 Å². The van der Waals surface area contributed by atoms with Crippen molar-refractivity contribution in [2.75, 3.05) is 0 Å². The van der Waals surface area contributed by atoms with Crippen LogP contribution in [0.5, 0.6) is 0 Å². The Hall–Kier alpha value is -1.82. The number of hydrogen-bond donors (Lipinski definition) is 0. The molecule has 0 aliphatic carbocycles. The Morgan fingerprint density at radius 2 is 2.11 bits per heavy atom. The fourth-order valence-corrected chi connectivity index (χ4v) is 2.71. The molecule has 3 heterocycles. The zero-order valence-electron chi connectivity index (χ0n) is 9.47. The van der Waals surface area contributed by atoms with Crippen molar-refractivity contribution in [3.05, 3.63) is 41.3 Å². The van der Waals surface area contributed by atoms with E-state index in [1.165, 1.54) is 23.6 Å². The van der Waals surface area contributed by atoms with Crippen molar-refractivity contribution in [2.45, 2.75) is 13.3 Å². The van der Waals surface area contributed by atoms with Gasteiger partial charge in [0.1, 0.15) is 0 Å². The Balaban J connectivity index is 2.19. The highest BCUT2D eigenvalue weighted by Crippen LogP contribution is 2.27. The molecule has 3 aromatic heterocycles. The fourth-order valence-electron chi connectivity index (χ4n) is 1.87. The SMILES string of the molecule is Cc1csc2ncc(-c3cncc(C(F)F)c3)n12. The quantitative estimate of drug-likeness (QED) is 0.707. The van der Waals surface area contributed by atoms with Gasteiger partial charge in [-0.3, -0.25) is 9.38 Å². The summed E-state index contributed by atoms with van der Waals surface area (Å²) in [6.45, 7) is 1.96. The molecule has 0 saturated heterocycles. The summed E-state index contributed by atoms with van der Waals surface area (Å²) >= 11 is 1.52. The number of hydrogen-bond acceptors (Lipinski definition) is 3. The van der Waals surface area contributed by atoms with E-state index >= 15 is 0 Å².